The summed E-state index contributed by atoms with van der Waals surface area (Å²) in [6, 6.07) is 4.55. The highest BCUT2D eigenvalue weighted by atomic mass is 35.5. The van der Waals surface area contributed by atoms with Crippen LogP contribution in [0.3, 0.4) is 0 Å². The first-order chi connectivity index (χ1) is 10.5. The van der Waals surface area contributed by atoms with Crippen molar-refractivity contribution in [3.8, 4) is 0 Å². The molecule has 0 radical (unpaired) electrons. The van der Waals surface area contributed by atoms with Gasteiger partial charge >= 0.3 is 0 Å². The van der Waals surface area contributed by atoms with Crippen molar-refractivity contribution in [1.29, 1.82) is 0 Å². The fourth-order valence-electron chi connectivity index (χ4n) is 1.87. The zero-order chi connectivity index (χ0) is 16.1. The lowest BCUT2D eigenvalue weighted by Crippen LogP contribution is -2.05. The van der Waals surface area contributed by atoms with Crippen molar-refractivity contribution in [3.05, 3.63) is 45.1 Å². The number of rotatable bonds is 7. The van der Waals surface area contributed by atoms with Crippen LogP contribution in [0.2, 0.25) is 5.02 Å². The van der Waals surface area contributed by atoms with Gasteiger partial charge in [-0.25, -0.2) is 0 Å². The lowest BCUT2D eigenvalue weighted by atomic mass is 10.2. The topological polar surface area (TPSA) is 94.1 Å². The second-order valence-corrected chi connectivity index (χ2v) is 5.59. The van der Waals surface area contributed by atoms with Gasteiger partial charge in [0.1, 0.15) is 5.69 Å². The lowest BCUT2D eigenvalue weighted by Gasteiger charge is -2.06. The number of benzene rings is 1. The molecule has 8 heteroatoms. The molecule has 0 fully saturated rings. The van der Waals surface area contributed by atoms with E-state index in [4.69, 9.17) is 16.1 Å². The molecule has 0 unspecified atom stereocenters. The van der Waals surface area contributed by atoms with Crippen LogP contribution < -0.4 is 5.32 Å². The van der Waals surface area contributed by atoms with Gasteiger partial charge in [0.05, 0.1) is 4.92 Å². The molecule has 0 aliphatic heterocycles. The van der Waals surface area contributed by atoms with Crippen LogP contribution >= 0.6 is 11.6 Å². The molecule has 0 amide bonds. The minimum atomic E-state index is -0.457. The fraction of sp³-hybridized carbons (Fsp3) is 0.429. The average molecular weight is 325 g/mol. The Labute approximate surface area is 132 Å². The summed E-state index contributed by atoms with van der Waals surface area (Å²) in [6.07, 6.45) is 1.34. The number of hydrogen-bond donors (Lipinski definition) is 1. The van der Waals surface area contributed by atoms with Crippen molar-refractivity contribution < 1.29 is 9.45 Å². The lowest BCUT2D eigenvalue weighted by molar-refractivity contribution is -0.383. The summed E-state index contributed by atoms with van der Waals surface area (Å²) in [5.74, 6) is 1.50. The van der Waals surface area contributed by atoms with Gasteiger partial charge < -0.3 is 9.84 Å². The van der Waals surface area contributed by atoms with Crippen LogP contribution in [-0.2, 0) is 6.42 Å². The van der Waals surface area contributed by atoms with Crippen LogP contribution in [-0.4, -0.2) is 21.6 Å². The van der Waals surface area contributed by atoms with Gasteiger partial charge in [0.15, 0.2) is 5.82 Å². The smallest absolute Gasteiger partial charge is 0.293 e. The Hall–Kier alpha value is -2.15. The standard InChI is InChI=1S/C14H17ClN4O3/c1-9(2)14-17-13(22-18-14)4-3-7-16-11-6-5-10(15)8-12(11)19(20)21/h5-6,8-9,16H,3-4,7H2,1-2H3. The number of nitrogens with zero attached hydrogens (tertiary/aromatic N) is 3. The van der Waals surface area contributed by atoms with Gasteiger partial charge in [-0.05, 0) is 18.6 Å². The van der Waals surface area contributed by atoms with Crippen molar-refractivity contribution in [3.63, 3.8) is 0 Å². The van der Waals surface area contributed by atoms with E-state index in [1.165, 1.54) is 6.07 Å². The molecule has 0 saturated carbocycles. The summed E-state index contributed by atoms with van der Waals surface area (Å²) < 4.78 is 5.14. The quantitative estimate of drug-likeness (QED) is 0.473. The SMILES string of the molecule is CC(C)c1noc(CCCNc2ccc(Cl)cc2[N+](=O)[O-])n1. The molecule has 0 atom stereocenters. The molecular weight excluding hydrogens is 308 g/mol. The molecule has 1 aromatic carbocycles. The molecule has 1 aromatic heterocycles. The highest BCUT2D eigenvalue weighted by Crippen LogP contribution is 2.27. The third kappa shape index (κ3) is 4.17. The summed E-state index contributed by atoms with van der Waals surface area (Å²) >= 11 is 5.77. The Kier molecular flexibility index (Phi) is 5.32. The summed E-state index contributed by atoms with van der Waals surface area (Å²) in [5.41, 5.74) is 0.412. The fourth-order valence-corrected chi connectivity index (χ4v) is 2.04. The monoisotopic (exact) mass is 324 g/mol. The van der Waals surface area contributed by atoms with E-state index < -0.39 is 4.92 Å². The largest absolute Gasteiger partial charge is 0.379 e. The van der Waals surface area contributed by atoms with Gasteiger partial charge in [-0.2, -0.15) is 4.98 Å². The van der Waals surface area contributed by atoms with Crippen LogP contribution in [0.15, 0.2) is 22.7 Å². The predicted octanol–water partition coefficient (Wildman–Crippen LogP) is 3.80. The highest BCUT2D eigenvalue weighted by molar-refractivity contribution is 6.30. The first kappa shape index (κ1) is 16.2. The molecule has 2 rings (SSSR count). The van der Waals surface area contributed by atoms with Gasteiger partial charge in [0.25, 0.3) is 5.69 Å². The predicted molar refractivity (Wildman–Crippen MR) is 83.3 cm³/mol. The molecule has 0 aliphatic rings. The average Bonchev–Trinajstić information content (AvgIpc) is 2.93. The van der Waals surface area contributed by atoms with E-state index in [1.807, 2.05) is 13.8 Å². The van der Waals surface area contributed by atoms with Crippen molar-refractivity contribution in [2.45, 2.75) is 32.6 Å². The number of halogens is 1. The maximum absolute atomic E-state index is 11.0. The third-order valence-electron chi connectivity index (χ3n) is 3.04. The molecule has 22 heavy (non-hydrogen) atoms. The molecule has 118 valence electrons. The summed E-state index contributed by atoms with van der Waals surface area (Å²) in [5, 5.41) is 18.2. The van der Waals surface area contributed by atoms with Crippen molar-refractivity contribution in [2.75, 3.05) is 11.9 Å². The van der Waals surface area contributed by atoms with Crippen LogP contribution in [0.1, 0.15) is 37.9 Å². The van der Waals surface area contributed by atoms with Crippen molar-refractivity contribution in [1.82, 2.24) is 10.1 Å². The number of anilines is 1. The number of nitro benzene ring substituents is 1. The number of aryl methyl sites for hydroxylation is 1. The minimum Gasteiger partial charge on any atom is -0.379 e. The molecule has 0 spiro atoms. The number of nitrogens with one attached hydrogen (secondary N) is 1. The first-order valence-corrected chi connectivity index (χ1v) is 7.35. The Bertz CT molecular complexity index is 657. The van der Waals surface area contributed by atoms with Gasteiger partial charge in [-0.15, -0.1) is 0 Å². The third-order valence-corrected chi connectivity index (χ3v) is 3.27. The Morgan fingerprint density at radius 2 is 2.23 bits per heavy atom. The Morgan fingerprint density at radius 3 is 2.86 bits per heavy atom. The maximum atomic E-state index is 11.0. The molecule has 1 N–H and O–H groups in total. The Balaban J connectivity index is 1.87. The molecule has 7 nitrogen and oxygen atoms in total. The van der Waals surface area contributed by atoms with Gasteiger partial charge in [0, 0.05) is 30.0 Å². The maximum Gasteiger partial charge on any atom is 0.293 e. The number of nitro groups is 1. The van der Waals surface area contributed by atoms with E-state index >= 15 is 0 Å². The molecular formula is C14H17ClN4O3. The number of aromatic nitrogens is 2. The van der Waals surface area contributed by atoms with E-state index in [9.17, 15) is 10.1 Å². The summed E-state index contributed by atoms with van der Waals surface area (Å²) in [6.45, 7) is 4.55. The Morgan fingerprint density at radius 1 is 1.45 bits per heavy atom. The van der Waals surface area contributed by atoms with E-state index in [1.54, 1.807) is 12.1 Å². The molecule has 1 heterocycles. The minimum absolute atomic E-state index is 0.0348. The zero-order valence-corrected chi connectivity index (χ0v) is 13.1. The van der Waals surface area contributed by atoms with E-state index in [2.05, 4.69) is 15.5 Å². The van der Waals surface area contributed by atoms with Crippen LogP contribution in [0, 0.1) is 10.1 Å². The van der Waals surface area contributed by atoms with Gasteiger partial charge in [-0.3, -0.25) is 10.1 Å². The number of hydrogen-bond acceptors (Lipinski definition) is 6. The second kappa shape index (κ2) is 7.22. The normalized spacial score (nSPS) is 10.9. The van der Waals surface area contributed by atoms with Gasteiger partial charge in [0.2, 0.25) is 5.89 Å². The molecule has 0 aliphatic carbocycles. The molecule has 0 saturated heterocycles. The van der Waals surface area contributed by atoms with Crippen LogP contribution in [0.25, 0.3) is 0 Å². The van der Waals surface area contributed by atoms with E-state index in [0.717, 1.165) is 6.42 Å². The van der Waals surface area contributed by atoms with E-state index in [-0.39, 0.29) is 11.6 Å². The van der Waals surface area contributed by atoms with Crippen molar-refractivity contribution >= 4 is 23.0 Å². The summed E-state index contributed by atoms with van der Waals surface area (Å²) in [4.78, 5) is 14.8. The van der Waals surface area contributed by atoms with E-state index in [0.29, 0.717) is 35.4 Å². The van der Waals surface area contributed by atoms with Crippen molar-refractivity contribution in [2.24, 2.45) is 0 Å². The first-order valence-electron chi connectivity index (χ1n) is 6.97. The summed E-state index contributed by atoms with van der Waals surface area (Å²) in [7, 11) is 0. The highest BCUT2D eigenvalue weighted by Gasteiger charge is 2.14. The second-order valence-electron chi connectivity index (χ2n) is 5.15. The van der Waals surface area contributed by atoms with Gasteiger partial charge in [-0.1, -0.05) is 30.6 Å². The molecule has 0 bridgehead atoms. The van der Waals surface area contributed by atoms with Crippen LogP contribution in [0.4, 0.5) is 11.4 Å². The molecule has 2 aromatic rings. The van der Waals surface area contributed by atoms with Crippen LogP contribution in [0.5, 0.6) is 0 Å². The zero-order valence-electron chi connectivity index (χ0n) is 12.4.